The maximum atomic E-state index is 6.08. The topological polar surface area (TPSA) is 24.5 Å². The van der Waals surface area contributed by atoms with Gasteiger partial charge >= 0.3 is 0 Å². The minimum atomic E-state index is 0.0157. The summed E-state index contributed by atoms with van der Waals surface area (Å²) < 4.78 is 6.08. The van der Waals surface area contributed by atoms with Crippen molar-refractivity contribution in [1.82, 2.24) is 10.2 Å². The zero-order chi connectivity index (χ0) is 13.0. The molecule has 0 spiro atoms. The molecule has 0 aliphatic carbocycles. The third kappa shape index (κ3) is 4.87. The van der Waals surface area contributed by atoms with Crippen molar-refractivity contribution in [2.75, 3.05) is 32.7 Å². The summed E-state index contributed by atoms with van der Waals surface area (Å²) in [7, 11) is 0. The van der Waals surface area contributed by atoms with Crippen molar-refractivity contribution in [1.29, 1.82) is 0 Å². The fourth-order valence-electron chi connectivity index (χ4n) is 3.14. The summed E-state index contributed by atoms with van der Waals surface area (Å²) >= 11 is 0. The van der Waals surface area contributed by atoms with E-state index in [1.165, 1.54) is 58.4 Å². The Labute approximate surface area is 112 Å². The molecule has 0 aromatic rings. The van der Waals surface area contributed by atoms with Crippen LogP contribution in [-0.4, -0.2) is 49.3 Å². The summed E-state index contributed by atoms with van der Waals surface area (Å²) in [6.07, 6.45) is 5.62. The molecule has 0 saturated carbocycles. The van der Waals surface area contributed by atoms with Gasteiger partial charge in [-0.15, -0.1) is 0 Å². The van der Waals surface area contributed by atoms with Crippen LogP contribution in [0.5, 0.6) is 0 Å². The van der Waals surface area contributed by atoms with Gasteiger partial charge in [0.2, 0.25) is 0 Å². The number of hydrogen-bond acceptors (Lipinski definition) is 3. The zero-order valence-electron chi connectivity index (χ0n) is 12.4. The Bertz CT molecular complexity index is 235. The van der Waals surface area contributed by atoms with E-state index in [9.17, 15) is 0 Å². The van der Waals surface area contributed by atoms with Gasteiger partial charge in [-0.25, -0.2) is 0 Å². The Morgan fingerprint density at radius 3 is 2.22 bits per heavy atom. The summed E-state index contributed by atoms with van der Waals surface area (Å²) in [6, 6.07) is 0. The maximum absolute atomic E-state index is 6.08. The van der Waals surface area contributed by atoms with Crippen molar-refractivity contribution in [3.63, 3.8) is 0 Å². The second kappa shape index (κ2) is 6.36. The van der Waals surface area contributed by atoms with E-state index in [1.807, 2.05) is 0 Å². The predicted molar refractivity (Wildman–Crippen MR) is 75.9 cm³/mol. The normalized spacial score (nSPS) is 25.5. The lowest BCUT2D eigenvalue weighted by molar-refractivity contribution is -0.0831. The van der Waals surface area contributed by atoms with Crippen LogP contribution in [0, 0.1) is 5.92 Å². The predicted octanol–water partition coefficient (Wildman–Crippen LogP) is 2.27. The van der Waals surface area contributed by atoms with Crippen LogP contribution in [0.25, 0.3) is 0 Å². The van der Waals surface area contributed by atoms with Gasteiger partial charge in [-0.3, -0.25) is 0 Å². The summed E-state index contributed by atoms with van der Waals surface area (Å²) in [6.45, 7) is 12.7. The fourth-order valence-corrected chi connectivity index (χ4v) is 3.14. The van der Waals surface area contributed by atoms with Gasteiger partial charge in [0.1, 0.15) is 0 Å². The van der Waals surface area contributed by atoms with Crippen LogP contribution >= 0.6 is 0 Å². The van der Waals surface area contributed by atoms with Crippen LogP contribution in [0.1, 0.15) is 46.5 Å². The van der Waals surface area contributed by atoms with E-state index >= 15 is 0 Å². The number of likely N-dealkylation sites (tertiary alicyclic amines) is 1. The average Bonchev–Trinajstić information content (AvgIpc) is 2.31. The highest BCUT2D eigenvalue weighted by Crippen LogP contribution is 2.22. The summed E-state index contributed by atoms with van der Waals surface area (Å²) in [5, 5.41) is 3.45. The summed E-state index contributed by atoms with van der Waals surface area (Å²) in [5.74, 6) is 0.923. The quantitative estimate of drug-likeness (QED) is 0.836. The Morgan fingerprint density at radius 1 is 1.06 bits per heavy atom. The lowest BCUT2D eigenvalue weighted by atomic mass is 9.96. The number of ether oxygens (including phenoxy) is 1. The first-order chi connectivity index (χ1) is 8.53. The molecular formula is C15H30N2O. The van der Waals surface area contributed by atoms with Crippen molar-refractivity contribution in [3.05, 3.63) is 0 Å². The van der Waals surface area contributed by atoms with E-state index in [4.69, 9.17) is 4.74 Å². The summed E-state index contributed by atoms with van der Waals surface area (Å²) in [5.41, 5.74) is 0.0157. The lowest BCUT2D eigenvalue weighted by Gasteiger charge is -2.37. The molecule has 2 aliphatic heterocycles. The Hall–Kier alpha value is -0.120. The molecule has 0 bridgehead atoms. The molecule has 2 saturated heterocycles. The summed E-state index contributed by atoms with van der Waals surface area (Å²) in [4.78, 5) is 2.65. The third-order valence-corrected chi connectivity index (χ3v) is 4.03. The molecule has 0 aromatic carbocycles. The van der Waals surface area contributed by atoms with Gasteiger partial charge in [0.15, 0.2) is 0 Å². The largest absolute Gasteiger partial charge is 0.373 e. The van der Waals surface area contributed by atoms with Crippen LogP contribution in [0.4, 0.5) is 0 Å². The molecule has 3 heteroatoms. The van der Waals surface area contributed by atoms with E-state index in [1.54, 1.807) is 0 Å². The van der Waals surface area contributed by atoms with Crippen LogP contribution in [0.2, 0.25) is 0 Å². The fraction of sp³-hybridized carbons (Fsp3) is 1.00. The van der Waals surface area contributed by atoms with Crippen molar-refractivity contribution < 1.29 is 4.74 Å². The molecule has 106 valence electrons. The van der Waals surface area contributed by atoms with Crippen molar-refractivity contribution >= 4 is 0 Å². The highest BCUT2D eigenvalue weighted by Gasteiger charge is 2.25. The van der Waals surface area contributed by atoms with E-state index in [0.29, 0.717) is 6.10 Å². The number of rotatable bonds is 3. The van der Waals surface area contributed by atoms with Crippen LogP contribution in [0.15, 0.2) is 0 Å². The van der Waals surface area contributed by atoms with Crippen LogP contribution in [-0.2, 0) is 4.74 Å². The van der Waals surface area contributed by atoms with E-state index in [0.717, 1.165) is 5.92 Å². The minimum Gasteiger partial charge on any atom is -0.373 e. The second-order valence-corrected chi connectivity index (χ2v) is 6.92. The standard InChI is InChI=1S/C15H30N2O/c1-15(2,3)18-14-6-10-17(11-7-14)12-13-4-8-16-9-5-13/h13-14,16H,4-12H2,1-3H3. The Morgan fingerprint density at radius 2 is 1.67 bits per heavy atom. The van der Waals surface area contributed by atoms with Gasteiger partial charge in [-0.1, -0.05) is 0 Å². The van der Waals surface area contributed by atoms with E-state index in [2.05, 4.69) is 31.0 Å². The number of hydrogen-bond donors (Lipinski definition) is 1. The molecule has 18 heavy (non-hydrogen) atoms. The monoisotopic (exact) mass is 254 g/mol. The molecular weight excluding hydrogens is 224 g/mol. The first-order valence-corrected chi connectivity index (χ1v) is 7.64. The zero-order valence-corrected chi connectivity index (χ0v) is 12.4. The van der Waals surface area contributed by atoms with Gasteiger partial charge in [0.05, 0.1) is 11.7 Å². The molecule has 2 aliphatic rings. The SMILES string of the molecule is CC(C)(C)OC1CCN(CC2CCNCC2)CC1. The first kappa shape index (κ1) is 14.3. The Kier molecular flexibility index (Phi) is 5.05. The average molecular weight is 254 g/mol. The van der Waals surface area contributed by atoms with E-state index in [-0.39, 0.29) is 5.60 Å². The van der Waals surface area contributed by atoms with Crippen molar-refractivity contribution in [2.45, 2.75) is 58.2 Å². The van der Waals surface area contributed by atoms with Gasteiger partial charge in [0, 0.05) is 19.6 Å². The molecule has 2 heterocycles. The highest BCUT2D eigenvalue weighted by atomic mass is 16.5. The van der Waals surface area contributed by atoms with Crippen molar-refractivity contribution in [2.24, 2.45) is 5.92 Å². The molecule has 1 N–H and O–H groups in total. The molecule has 0 amide bonds. The van der Waals surface area contributed by atoms with E-state index < -0.39 is 0 Å². The third-order valence-electron chi connectivity index (χ3n) is 4.03. The molecule has 0 aromatic heterocycles. The minimum absolute atomic E-state index is 0.0157. The molecule has 0 radical (unpaired) electrons. The molecule has 2 rings (SSSR count). The van der Waals surface area contributed by atoms with Gasteiger partial charge in [-0.05, 0) is 65.5 Å². The maximum Gasteiger partial charge on any atom is 0.0606 e. The second-order valence-electron chi connectivity index (χ2n) is 6.92. The molecule has 3 nitrogen and oxygen atoms in total. The van der Waals surface area contributed by atoms with Gasteiger partial charge < -0.3 is 15.0 Å². The first-order valence-electron chi connectivity index (χ1n) is 7.64. The number of nitrogens with zero attached hydrogens (tertiary/aromatic N) is 1. The van der Waals surface area contributed by atoms with Gasteiger partial charge in [0.25, 0.3) is 0 Å². The molecule has 2 fully saturated rings. The Balaban J connectivity index is 1.66. The highest BCUT2D eigenvalue weighted by molar-refractivity contribution is 4.78. The van der Waals surface area contributed by atoms with Crippen LogP contribution < -0.4 is 5.32 Å². The van der Waals surface area contributed by atoms with Crippen LogP contribution in [0.3, 0.4) is 0 Å². The lowest BCUT2D eigenvalue weighted by Crippen LogP contribution is -2.43. The number of piperidine rings is 2. The number of nitrogens with one attached hydrogen (secondary N) is 1. The molecule has 0 unspecified atom stereocenters. The molecule has 0 atom stereocenters. The van der Waals surface area contributed by atoms with Gasteiger partial charge in [-0.2, -0.15) is 0 Å². The van der Waals surface area contributed by atoms with Crippen molar-refractivity contribution in [3.8, 4) is 0 Å². The smallest absolute Gasteiger partial charge is 0.0606 e.